The lowest BCUT2D eigenvalue weighted by Crippen LogP contribution is -2.32. The van der Waals surface area contributed by atoms with Crippen LogP contribution < -0.4 is 9.80 Å². The summed E-state index contributed by atoms with van der Waals surface area (Å²) in [6.45, 7) is 0. The third-order valence-corrected chi connectivity index (χ3v) is 4.31. The van der Waals surface area contributed by atoms with Crippen molar-refractivity contribution in [3.05, 3.63) is 60.2 Å². The van der Waals surface area contributed by atoms with E-state index in [0.29, 0.717) is 16.4 Å². The van der Waals surface area contributed by atoms with Crippen molar-refractivity contribution < 1.29 is 8.78 Å². The standard InChI is InChI=1S/C17H16F2N2S2/c1-20(14-7-3-12(18)4-8-14)16(22)11-17(23)21(2)15-9-5-13(19)6-10-15/h3-10H,11H2,1-2H3. The third-order valence-electron chi connectivity index (χ3n) is 3.48. The largest absolute Gasteiger partial charge is 0.339 e. The highest BCUT2D eigenvalue weighted by atomic mass is 32.1. The number of hydrogen-bond donors (Lipinski definition) is 0. The van der Waals surface area contributed by atoms with Crippen molar-refractivity contribution in [3.63, 3.8) is 0 Å². The van der Waals surface area contributed by atoms with Crippen LogP contribution in [0.25, 0.3) is 0 Å². The molecule has 120 valence electrons. The second-order valence-electron chi connectivity index (χ2n) is 5.04. The zero-order chi connectivity index (χ0) is 17.0. The van der Waals surface area contributed by atoms with Gasteiger partial charge in [-0.15, -0.1) is 0 Å². The molecule has 6 heteroatoms. The molecule has 0 aromatic heterocycles. The van der Waals surface area contributed by atoms with E-state index in [1.54, 1.807) is 34.1 Å². The summed E-state index contributed by atoms with van der Waals surface area (Å²) in [6, 6.07) is 12.2. The van der Waals surface area contributed by atoms with Gasteiger partial charge in [-0.2, -0.15) is 0 Å². The van der Waals surface area contributed by atoms with Crippen molar-refractivity contribution in [2.24, 2.45) is 0 Å². The molecule has 0 saturated heterocycles. The summed E-state index contributed by atoms with van der Waals surface area (Å²) < 4.78 is 26.0. The molecule has 2 aromatic rings. The van der Waals surface area contributed by atoms with Crippen molar-refractivity contribution in [1.29, 1.82) is 0 Å². The van der Waals surface area contributed by atoms with Gasteiger partial charge >= 0.3 is 0 Å². The number of rotatable bonds is 4. The monoisotopic (exact) mass is 350 g/mol. The van der Waals surface area contributed by atoms with Gasteiger partial charge in [-0.3, -0.25) is 0 Å². The molecule has 0 amide bonds. The minimum absolute atomic E-state index is 0.292. The first-order valence-electron chi connectivity index (χ1n) is 6.92. The molecule has 2 aromatic carbocycles. The lowest BCUT2D eigenvalue weighted by molar-refractivity contribution is 0.627. The van der Waals surface area contributed by atoms with Gasteiger partial charge in [-0.25, -0.2) is 8.78 Å². The SMILES string of the molecule is CN(C(=S)CC(=S)N(C)c1ccc(F)cc1)c1ccc(F)cc1. The average molecular weight is 350 g/mol. The van der Waals surface area contributed by atoms with Gasteiger partial charge < -0.3 is 9.80 Å². The van der Waals surface area contributed by atoms with E-state index >= 15 is 0 Å². The number of thiocarbonyl (C=S) groups is 2. The molecule has 0 fully saturated rings. The Labute approximate surface area is 145 Å². The van der Waals surface area contributed by atoms with E-state index in [4.69, 9.17) is 24.4 Å². The van der Waals surface area contributed by atoms with Gasteiger partial charge in [0.2, 0.25) is 0 Å². The predicted molar refractivity (Wildman–Crippen MR) is 99.4 cm³/mol. The Morgan fingerprint density at radius 3 is 1.35 bits per heavy atom. The number of nitrogens with zero attached hydrogens (tertiary/aromatic N) is 2. The predicted octanol–water partition coefficient (Wildman–Crippen LogP) is 4.58. The molecular formula is C17H16F2N2S2. The van der Waals surface area contributed by atoms with Crippen LogP contribution in [0.1, 0.15) is 6.42 Å². The van der Waals surface area contributed by atoms with Crippen molar-refractivity contribution >= 4 is 45.8 Å². The minimum atomic E-state index is -0.292. The first kappa shape index (κ1) is 17.4. The first-order chi connectivity index (χ1) is 10.9. The van der Waals surface area contributed by atoms with Crippen LogP contribution in [0, 0.1) is 11.6 Å². The van der Waals surface area contributed by atoms with Crippen LogP contribution in [0.2, 0.25) is 0 Å². The Morgan fingerprint density at radius 2 is 1.04 bits per heavy atom. The molecule has 0 radical (unpaired) electrons. The van der Waals surface area contributed by atoms with E-state index in [2.05, 4.69) is 0 Å². The van der Waals surface area contributed by atoms with Gasteiger partial charge in [-0.1, -0.05) is 24.4 Å². The molecule has 0 spiro atoms. The number of benzene rings is 2. The molecule has 0 unspecified atom stereocenters. The zero-order valence-corrected chi connectivity index (χ0v) is 14.4. The fraction of sp³-hybridized carbons (Fsp3) is 0.176. The average Bonchev–Trinajstić information content (AvgIpc) is 2.54. The fourth-order valence-electron chi connectivity index (χ4n) is 1.98. The van der Waals surface area contributed by atoms with E-state index in [9.17, 15) is 8.78 Å². The smallest absolute Gasteiger partial charge is 0.123 e. The van der Waals surface area contributed by atoms with Crippen LogP contribution in [0.5, 0.6) is 0 Å². The van der Waals surface area contributed by atoms with Gasteiger partial charge in [0, 0.05) is 31.9 Å². The summed E-state index contributed by atoms with van der Waals surface area (Å²) in [5.41, 5.74) is 1.59. The first-order valence-corrected chi connectivity index (χ1v) is 7.74. The van der Waals surface area contributed by atoms with Crippen LogP contribution in [0.15, 0.2) is 48.5 Å². The molecule has 2 nitrogen and oxygen atoms in total. The van der Waals surface area contributed by atoms with Gasteiger partial charge in [0.05, 0.1) is 9.98 Å². The summed E-state index contributed by atoms with van der Waals surface area (Å²) in [6.07, 6.45) is 0.395. The molecule has 0 heterocycles. The van der Waals surface area contributed by atoms with E-state index in [0.717, 1.165) is 11.4 Å². The Bertz CT molecular complexity index is 638. The quantitative estimate of drug-likeness (QED) is 0.744. The molecule has 0 N–H and O–H groups in total. The van der Waals surface area contributed by atoms with E-state index < -0.39 is 0 Å². The zero-order valence-electron chi connectivity index (χ0n) is 12.8. The number of hydrogen-bond acceptors (Lipinski definition) is 2. The van der Waals surface area contributed by atoms with Crippen molar-refractivity contribution in [2.75, 3.05) is 23.9 Å². The summed E-state index contributed by atoms with van der Waals surface area (Å²) >= 11 is 10.8. The van der Waals surface area contributed by atoms with Crippen molar-refractivity contribution in [3.8, 4) is 0 Å². The molecule has 0 aliphatic carbocycles. The topological polar surface area (TPSA) is 6.48 Å². The molecular weight excluding hydrogens is 334 g/mol. The second-order valence-corrected chi connectivity index (χ2v) is 5.98. The highest BCUT2D eigenvalue weighted by molar-refractivity contribution is 7.82. The maximum atomic E-state index is 13.0. The lowest BCUT2D eigenvalue weighted by atomic mass is 10.2. The normalized spacial score (nSPS) is 10.3. The van der Waals surface area contributed by atoms with E-state index in [-0.39, 0.29) is 11.6 Å². The Morgan fingerprint density at radius 1 is 0.739 bits per heavy atom. The summed E-state index contributed by atoms with van der Waals surface area (Å²) in [7, 11) is 3.63. The van der Waals surface area contributed by atoms with Gasteiger partial charge in [0.1, 0.15) is 11.6 Å². The Hall–Kier alpha value is -1.92. The van der Waals surface area contributed by atoms with Crippen LogP contribution >= 0.6 is 24.4 Å². The van der Waals surface area contributed by atoms with Crippen LogP contribution in [-0.2, 0) is 0 Å². The highest BCUT2D eigenvalue weighted by Gasteiger charge is 2.13. The third kappa shape index (κ3) is 4.53. The van der Waals surface area contributed by atoms with Crippen molar-refractivity contribution in [1.82, 2.24) is 0 Å². The molecule has 2 rings (SSSR count). The maximum absolute atomic E-state index is 13.0. The van der Waals surface area contributed by atoms with Crippen LogP contribution in [0.3, 0.4) is 0 Å². The Balaban J connectivity index is 2.02. The minimum Gasteiger partial charge on any atom is -0.339 e. The van der Waals surface area contributed by atoms with E-state index in [1.165, 1.54) is 24.3 Å². The number of anilines is 2. The summed E-state index contributed by atoms with van der Waals surface area (Å²) in [5.74, 6) is -0.584. The van der Waals surface area contributed by atoms with E-state index in [1.807, 2.05) is 14.1 Å². The lowest BCUT2D eigenvalue weighted by Gasteiger charge is -2.24. The van der Waals surface area contributed by atoms with Gasteiger partial charge in [0.15, 0.2) is 0 Å². The van der Waals surface area contributed by atoms with Gasteiger partial charge in [-0.05, 0) is 48.5 Å². The summed E-state index contributed by atoms with van der Waals surface area (Å²) in [4.78, 5) is 4.82. The maximum Gasteiger partial charge on any atom is 0.123 e. The van der Waals surface area contributed by atoms with Crippen LogP contribution in [0.4, 0.5) is 20.2 Å². The molecule has 23 heavy (non-hydrogen) atoms. The van der Waals surface area contributed by atoms with Crippen LogP contribution in [-0.4, -0.2) is 24.1 Å². The second kappa shape index (κ2) is 7.57. The molecule has 0 saturated carbocycles. The van der Waals surface area contributed by atoms with Crippen molar-refractivity contribution in [2.45, 2.75) is 6.42 Å². The highest BCUT2D eigenvalue weighted by Crippen LogP contribution is 2.18. The number of halogens is 2. The molecule has 0 aliphatic rings. The molecule has 0 aliphatic heterocycles. The summed E-state index contributed by atoms with van der Waals surface area (Å²) in [5, 5.41) is 0. The fourth-order valence-corrected chi connectivity index (χ4v) is 2.56. The molecule has 0 bridgehead atoms. The van der Waals surface area contributed by atoms with Gasteiger partial charge in [0.25, 0.3) is 0 Å². The molecule has 0 atom stereocenters. The Kier molecular flexibility index (Phi) is 5.74.